The number of halogens is 1. The van der Waals surface area contributed by atoms with Crippen LogP contribution in [0.2, 0.25) is 0 Å². The highest BCUT2D eigenvalue weighted by Crippen LogP contribution is 2.36. The lowest BCUT2D eigenvalue weighted by molar-refractivity contribution is -0.671. The molecule has 1 unspecified atom stereocenters. The lowest BCUT2D eigenvalue weighted by Gasteiger charge is -2.49. The normalized spacial score (nSPS) is 20.5. The number of β-lactam (4-membered cyclic amide) rings is 1. The van der Waals surface area contributed by atoms with Crippen LogP contribution in [0, 0.1) is 0 Å². The minimum absolute atomic E-state index is 0. The minimum Gasteiger partial charge on any atom is -1.00 e. The number of fused-ring (bicyclic) bond motifs is 1. The lowest BCUT2D eigenvalue weighted by Crippen LogP contribution is -3.00. The maximum absolute atomic E-state index is 13.2. The Hall–Kier alpha value is -3.54. The maximum Gasteiger partial charge on any atom is 0.352 e. The number of pyridine rings is 1. The second-order valence-electron chi connectivity index (χ2n) is 9.24. The fraction of sp³-hybridized carbons (Fsp3) is 0.348. The molecule has 0 spiro atoms. The molecule has 220 valence electrons. The highest BCUT2D eigenvalue weighted by atomic mass is 35.5. The Morgan fingerprint density at radius 1 is 1.34 bits per heavy atom. The van der Waals surface area contributed by atoms with E-state index in [1.54, 1.807) is 0 Å². The molecule has 2 aromatic rings. The van der Waals surface area contributed by atoms with Crippen LogP contribution in [0.3, 0.4) is 0 Å². The predicted octanol–water partition coefficient (Wildman–Crippen LogP) is -3.32. The molecule has 1 saturated heterocycles. The highest BCUT2D eigenvalue weighted by molar-refractivity contribution is 7.99. The first-order valence-electron chi connectivity index (χ1n) is 11.6. The van der Waals surface area contributed by atoms with E-state index in [9.17, 15) is 33.6 Å². The molecule has 0 radical (unpaired) electrons. The summed E-state index contributed by atoms with van der Waals surface area (Å²) in [6, 6.07) is 2.38. The zero-order valence-electron chi connectivity index (χ0n) is 21.8. The standard InChI is InChI=1S/C23H24N6O8S3.ClH/c1-23(2,21(34)35)37-27-14(13-9-39-22(24)25-13)17(30)26-15-18(31)29-16(20(32)33)11(10-40(36)19(15)29)8-38-12-4-6-28(3)7-5-12;/h4-7,9,15,19H,8,10H2,1-3H3,(H4-,24,25,26,30,32,33,34,35);1H/t15-,19-,40?;/m1./s1. The molecule has 0 saturated carbocycles. The van der Waals surface area contributed by atoms with E-state index in [1.165, 1.54) is 31.0 Å². The van der Waals surface area contributed by atoms with Crippen LogP contribution in [0.1, 0.15) is 19.5 Å². The summed E-state index contributed by atoms with van der Waals surface area (Å²) in [4.78, 5) is 60.7. The Bertz CT molecular complexity index is 1480. The van der Waals surface area contributed by atoms with Crippen LogP contribution in [0.15, 0.2) is 51.2 Å². The maximum atomic E-state index is 13.2. The molecule has 0 bridgehead atoms. The SMILES string of the molecule is C[n+]1ccc(SCC2=C(C(=O)O)N3C(=O)[C@@H](NC(=O)C(=NOC(C)(C)C(=O)O)c4csc(N)n4)[C@H]3S(=O)C2)cc1.[Cl-]. The number of nitrogens with two attached hydrogens (primary N) is 1. The number of nitrogen functional groups attached to an aromatic ring is 1. The van der Waals surface area contributed by atoms with Crippen molar-refractivity contribution in [2.75, 3.05) is 17.2 Å². The number of nitrogens with zero attached hydrogens (tertiary/aromatic N) is 4. The third-order valence-corrected chi connectivity index (χ3v) is 9.34. The monoisotopic (exact) mass is 644 g/mol. The van der Waals surface area contributed by atoms with Gasteiger partial charge in [-0.3, -0.25) is 18.7 Å². The first kappa shape index (κ1) is 32.0. The number of hydrogen-bond donors (Lipinski definition) is 4. The van der Waals surface area contributed by atoms with E-state index in [1.807, 2.05) is 36.1 Å². The Morgan fingerprint density at radius 2 is 2.00 bits per heavy atom. The van der Waals surface area contributed by atoms with Crippen molar-refractivity contribution in [1.82, 2.24) is 15.2 Å². The fourth-order valence-corrected chi connectivity index (χ4v) is 6.98. The van der Waals surface area contributed by atoms with Gasteiger partial charge in [0.15, 0.2) is 23.2 Å². The number of amides is 2. The Morgan fingerprint density at radius 3 is 2.56 bits per heavy atom. The number of carboxylic acid groups (broad SMARTS) is 2. The zero-order valence-corrected chi connectivity index (χ0v) is 25.0. The van der Waals surface area contributed by atoms with Gasteiger partial charge in [-0.15, -0.1) is 23.1 Å². The van der Waals surface area contributed by atoms with Crippen LogP contribution in [0.4, 0.5) is 5.13 Å². The predicted molar refractivity (Wildman–Crippen MR) is 144 cm³/mol. The van der Waals surface area contributed by atoms with Crippen LogP contribution in [0.5, 0.6) is 0 Å². The summed E-state index contributed by atoms with van der Waals surface area (Å²) in [6.07, 6.45) is 3.67. The van der Waals surface area contributed by atoms with Gasteiger partial charge in [0.2, 0.25) is 5.60 Å². The van der Waals surface area contributed by atoms with Gasteiger partial charge in [-0.05, 0) is 19.4 Å². The zero-order chi connectivity index (χ0) is 29.4. The van der Waals surface area contributed by atoms with Crippen molar-refractivity contribution in [3.8, 4) is 0 Å². The minimum atomic E-state index is -1.80. The lowest BCUT2D eigenvalue weighted by atomic mass is 10.0. The van der Waals surface area contributed by atoms with Gasteiger partial charge in [0.05, 0.1) is 16.6 Å². The van der Waals surface area contributed by atoms with E-state index in [0.717, 1.165) is 21.1 Å². The van der Waals surface area contributed by atoms with Crippen LogP contribution in [-0.2, 0) is 41.9 Å². The molecule has 2 aliphatic heterocycles. The van der Waals surface area contributed by atoms with Crippen LogP contribution in [-0.4, -0.2) is 82.3 Å². The average Bonchev–Trinajstić information content (AvgIpc) is 3.31. The molecule has 2 aliphatic rings. The second kappa shape index (κ2) is 12.5. The van der Waals surface area contributed by atoms with E-state index in [2.05, 4.69) is 15.5 Å². The average molecular weight is 645 g/mol. The number of aliphatic carboxylic acids is 2. The van der Waals surface area contributed by atoms with E-state index < -0.39 is 57.3 Å². The quantitative estimate of drug-likeness (QED) is 0.0662. The summed E-state index contributed by atoms with van der Waals surface area (Å²) in [7, 11) is 0.128. The number of thiazole rings is 1. The van der Waals surface area contributed by atoms with Crippen molar-refractivity contribution in [3.05, 3.63) is 46.9 Å². The van der Waals surface area contributed by atoms with Crippen molar-refractivity contribution in [2.24, 2.45) is 12.2 Å². The third kappa shape index (κ3) is 6.69. The van der Waals surface area contributed by atoms with Crippen molar-refractivity contribution in [2.45, 2.75) is 35.8 Å². The summed E-state index contributed by atoms with van der Waals surface area (Å²) in [5, 5.41) is 25.7. The van der Waals surface area contributed by atoms with Gasteiger partial charge in [-0.2, -0.15) is 0 Å². The van der Waals surface area contributed by atoms with Crippen molar-refractivity contribution in [1.29, 1.82) is 0 Å². The number of rotatable bonds is 10. The van der Waals surface area contributed by atoms with E-state index >= 15 is 0 Å². The molecule has 1 fully saturated rings. The number of carbonyl (C=O) groups is 4. The summed E-state index contributed by atoms with van der Waals surface area (Å²) < 4.78 is 15.0. The van der Waals surface area contributed by atoms with Crippen molar-refractivity contribution < 1.29 is 55.4 Å². The van der Waals surface area contributed by atoms with Gasteiger partial charge < -0.3 is 38.5 Å². The number of carbonyl (C=O) groups excluding carboxylic acids is 2. The number of aromatic nitrogens is 2. The van der Waals surface area contributed by atoms with Crippen LogP contribution in [0.25, 0.3) is 0 Å². The van der Waals surface area contributed by atoms with Gasteiger partial charge in [0.1, 0.15) is 29.9 Å². The Labute approximate surface area is 250 Å². The molecule has 3 atom stereocenters. The number of thioether (sulfide) groups is 1. The molecule has 2 aromatic heterocycles. The van der Waals surface area contributed by atoms with Crippen molar-refractivity contribution >= 4 is 68.5 Å². The molecule has 14 nitrogen and oxygen atoms in total. The van der Waals surface area contributed by atoms with Crippen molar-refractivity contribution in [3.63, 3.8) is 0 Å². The summed E-state index contributed by atoms with van der Waals surface area (Å²) in [5.74, 6) is -4.33. The number of oxime groups is 1. The van der Waals surface area contributed by atoms with Gasteiger partial charge in [-0.25, -0.2) is 19.1 Å². The van der Waals surface area contributed by atoms with E-state index in [4.69, 9.17) is 10.6 Å². The molecule has 0 aromatic carbocycles. The smallest absolute Gasteiger partial charge is 0.352 e. The molecule has 18 heteroatoms. The molecular weight excluding hydrogens is 620 g/mol. The molecule has 4 rings (SSSR count). The number of carboxylic acids is 2. The van der Waals surface area contributed by atoms with Gasteiger partial charge in [0.25, 0.3) is 11.8 Å². The summed E-state index contributed by atoms with van der Waals surface area (Å²) in [6.45, 7) is 2.44. The number of nitrogens with one attached hydrogen (secondary N) is 1. The molecule has 0 aliphatic carbocycles. The third-order valence-electron chi connectivity index (χ3n) is 5.91. The molecule has 2 amide bonds. The van der Waals surface area contributed by atoms with Gasteiger partial charge in [-0.1, -0.05) is 5.16 Å². The molecule has 5 N–H and O–H groups in total. The van der Waals surface area contributed by atoms with Gasteiger partial charge in [0, 0.05) is 28.2 Å². The highest BCUT2D eigenvalue weighted by Gasteiger charge is 2.57. The Balaban J connectivity index is 0.00000462. The first-order chi connectivity index (χ1) is 18.8. The Kier molecular flexibility index (Phi) is 9.78. The topological polar surface area (TPSA) is 205 Å². The summed E-state index contributed by atoms with van der Waals surface area (Å²) in [5.41, 5.74) is 3.44. The van der Waals surface area contributed by atoms with E-state index in [-0.39, 0.29) is 40.4 Å². The largest absolute Gasteiger partial charge is 1.00 e. The van der Waals surface area contributed by atoms with Crippen LogP contribution >= 0.6 is 23.1 Å². The van der Waals surface area contributed by atoms with Gasteiger partial charge >= 0.3 is 11.9 Å². The second-order valence-corrected chi connectivity index (χ2v) is 12.7. The molecule has 4 heterocycles. The van der Waals surface area contributed by atoms with E-state index in [0.29, 0.717) is 5.57 Å². The summed E-state index contributed by atoms with van der Waals surface area (Å²) >= 11 is 2.34. The number of hydrogen-bond acceptors (Lipinski definition) is 11. The first-order valence-corrected chi connectivity index (χ1v) is 14.8. The van der Waals surface area contributed by atoms with Crippen LogP contribution < -0.4 is 28.0 Å². The fourth-order valence-electron chi connectivity index (χ4n) is 3.73. The number of aryl methyl sites for hydroxylation is 1. The molecule has 41 heavy (non-hydrogen) atoms. The number of anilines is 1. The molecular formula is C23H25ClN6O8S3.